The first-order chi connectivity index (χ1) is 5.24. The first-order valence-corrected chi connectivity index (χ1v) is 3.73. The fourth-order valence-electron chi connectivity index (χ4n) is 0.749. The second kappa shape index (κ2) is 3.49. The van der Waals surface area contributed by atoms with Crippen molar-refractivity contribution >= 4 is 11.6 Å². The van der Waals surface area contributed by atoms with Crippen LogP contribution >= 0.6 is 11.6 Å². The summed E-state index contributed by atoms with van der Waals surface area (Å²) in [5.41, 5.74) is 0. The van der Waals surface area contributed by atoms with Crippen LogP contribution in [-0.4, -0.2) is 11.7 Å². The molecule has 0 unspecified atom stereocenters. The monoisotopic (exact) mass is 172 g/mol. The van der Waals surface area contributed by atoms with Crippen molar-refractivity contribution in [2.75, 3.05) is 6.61 Å². The molecule has 0 spiro atoms. The van der Waals surface area contributed by atoms with Gasteiger partial charge in [-0.3, -0.25) is 0 Å². The van der Waals surface area contributed by atoms with E-state index in [0.717, 1.165) is 0 Å². The largest absolute Gasteiger partial charge is 0.506 e. The molecular formula is C8H9ClO2. The van der Waals surface area contributed by atoms with E-state index in [1.165, 1.54) is 6.07 Å². The molecule has 1 rings (SSSR count). The summed E-state index contributed by atoms with van der Waals surface area (Å²) in [6, 6.07) is 4.80. The molecule has 0 aliphatic rings. The van der Waals surface area contributed by atoms with Crippen LogP contribution in [0.2, 0.25) is 5.02 Å². The predicted molar refractivity (Wildman–Crippen MR) is 44.3 cm³/mol. The number of halogens is 1. The molecule has 11 heavy (non-hydrogen) atoms. The van der Waals surface area contributed by atoms with Crippen LogP contribution in [0.1, 0.15) is 6.92 Å². The van der Waals surface area contributed by atoms with Gasteiger partial charge in [-0.25, -0.2) is 0 Å². The maximum atomic E-state index is 9.11. The number of ether oxygens (including phenoxy) is 1. The van der Waals surface area contributed by atoms with Crippen LogP contribution in [0.15, 0.2) is 18.2 Å². The van der Waals surface area contributed by atoms with Crippen LogP contribution in [0.4, 0.5) is 0 Å². The number of rotatable bonds is 2. The minimum atomic E-state index is 0.0533. The number of hydrogen-bond acceptors (Lipinski definition) is 2. The van der Waals surface area contributed by atoms with E-state index < -0.39 is 0 Å². The Morgan fingerprint density at radius 1 is 1.55 bits per heavy atom. The minimum absolute atomic E-state index is 0.0533. The van der Waals surface area contributed by atoms with Crippen molar-refractivity contribution in [3.8, 4) is 11.5 Å². The van der Waals surface area contributed by atoms with Crippen LogP contribution in [0.3, 0.4) is 0 Å². The summed E-state index contributed by atoms with van der Waals surface area (Å²) in [5.74, 6) is 0.687. The average Bonchev–Trinajstić information content (AvgIpc) is 1.98. The normalized spacial score (nSPS) is 9.64. The van der Waals surface area contributed by atoms with Gasteiger partial charge in [0.15, 0.2) is 0 Å². The summed E-state index contributed by atoms with van der Waals surface area (Å²) in [6.07, 6.45) is 0. The molecule has 0 heterocycles. The lowest BCUT2D eigenvalue weighted by Gasteiger charge is -2.03. The van der Waals surface area contributed by atoms with Crippen LogP contribution in [-0.2, 0) is 0 Å². The molecule has 0 saturated heterocycles. The smallest absolute Gasteiger partial charge is 0.137 e. The van der Waals surface area contributed by atoms with Gasteiger partial charge in [0.2, 0.25) is 0 Å². The lowest BCUT2D eigenvalue weighted by atomic mass is 10.3. The fraction of sp³-hybridized carbons (Fsp3) is 0.250. The molecule has 1 N–H and O–H groups in total. The Bertz CT molecular complexity index is 248. The third-order valence-corrected chi connectivity index (χ3v) is 1.55. The molecule has 0 bridgehead atoms. The summed E-state index contributed by atoms with van der Waals surface area (Å²) in [6.45, 7) is 2.47. The Morgan fingerprint density at radius 3 is 2.82 bits per heavy atom. The third-order valence-electron chi connectivity index (χ3n) is 1.23. The van der Waals surface area contributed by atoms with Crippen LogP contribution in [0.25, 0.3) is 0 Å². The molecule has 2 nitrogen and oxygen atoms in total. The maximum Gasteiger partial charge on any atom is 0.137 e. The van der Waals surface area contributed by atoms with Gasteiger partial charge in [-0.15, -0.1) is 0 Å². The second-order valence-electron chi connectivity index (χ2n) is 2.05. The summed E-state index contributed by atoms with van der Waals surface area (Å²) in [5, 5.41) is 9.46. The zero-order chi connectivity index (χ0) is 8.27. The Kier molecular flexibility index (Phi) is 2.60. The molecule has 3 heteroatoms. The molecule has 0 radical (unpaired) electrons. The van der Waals surface area contributed by atoms with Gasteiger partial charge in [-0.05, 0) is 19.1 Å². The van der Waals surface area contributed by atoms with E-state index in [2.05, 4.69) is 0 Å². The highest BCUT2D eigenvalue weighted by Gasteiger charge is 1.98. The summed E-state index contributed by atoms with van der Waals surface area (Å²) < 4.78 is 5.12. The van der Waals surface area contributed by atoms with Crippen LogP contribution in [0.5, 0.6) is 11.5 Å². The maximum absolute atomic E-state index is 9.11. The number of benzene rings is 1. The molecule has 0 aromatic heterocycles. The van der Waals surface area contributed by atoms with E-state index in [1.54, 1.807) is 12.1 Å². The van der Waals surface area contributed by atoms with E-state index in [9.17, 15) is 0 Å². The molecule has 0 atom stereocenters. The molecule has 0 saturated carbocycles. The number of aromatic hydroxyl groups is 1. The SMILES string of the molecule is CCOc1ccc(Cl)c(O)c1. The zero-order valence-corrected chi connectivity index (χ0v) is 6.93. The Labute approximate surface area is 70.4 Å². The molecule has 1 aromatic rings. The van der Waals surface area contributed by atoms with Crippen molar-refractivity contribution in [3.63, 3.8) is 0 Å². The van der Waals surface area contributed by atoms with Crippen molar-refractivity contribution in [1.29, 1.82) is 0 Å². The first kappa shape index (κ1) is 8.21. The summed E-state index contributed by atoms with van der Waals surface area (Å²) >= 11 is 5.58. The summed E-state index contributed by atoms with van der Waals surface area (Å²) in [4.78, 5) is 0. The van der Waals surface area contributed by atoms with E-state index in [0.29, 0.717) is 17.4 Å². The molecule has 1 aromatic carbocycles. The molecule has 0 amide bonds. The predicted octanol–water partition coefficient (Wildman–Crippen LogP) is 2.44. The number of hydrogen-bond donors (Lipinski definition) is 1. The molecule has 60 valence electrons. The molecule has 0 fully saturated rings. The molecular weight excluding hydrogens is 164 g/mol. The van der Waals surface area contributed by atoms with Crippen molar-refractivity contribution in [2.24, 2.45) is 0 Å². The van der Waals surface area contributed by atoms with Gasteiger partial charge in [0.25, 0.3) is 0 Å². The van der Waals surface area contributed by atoms with Crippen LogP contribution in [0, 0.1) is 0 Å². The van der Waals surface area contributed by atoms with Crippen molar-refractivity contribution < 1.29 is 9.84 Å². The van der Waals surface area contributed by atoms with E-state index in [1.807, 2.05) is 6.92 Å². The average molecular weight is 173 g/mol. The van der Waals surface area contributed by atoms with E-state index in [4.69, 9.17) is 21.4 Å². The fourth-order valence-corrected chi connectivity index (χ4v) is 0.866. The van der Waals surface area contributed by atoms with Crippen molar-refractivity contribution in [1.82, 2.24) is 0 Å². The summed E-state index contributed by atoms with van der Waals surface area (Å²) in [7, 11) is 0. The van der Waals surface area contributed by atoms with Gasteiger partial charge >= 0.3 is 0 Å². The van der Waals surface area contributed by atoms with Gasteiger partial charge < -0.3 is 9.84 Å². The van der Waals surface area contributed by atoms with Crippen molar-refractivity contribution in [3.05, 3.63) is 23.2 Å². The lowest BCUT2D eigenvalue weighted by Crippen LogP contribution is -1.90. The quantitative estimate of drug-likeness (QED) is 0.743. The van der Waals surface area contributed by atoms with Gasteiger partial charge in [0.1, 0.15) is 11.5 Å². The van der Waals surface area contributed by atoms with Crippen molar-refractivity contribution in [2.45, 2.75) is 6.92 Å². The lowest BCUT2D eigenvalue weighted by molar-refractivity contribution is 0.338. The van der Waals surface area contributed by atoms with Crippen LogP contribution < -0.4 is 4.74 Å². The Hall–Kier alpha value is -0.890. The minimum Gasteiger partial charge on any atom is -0.506 e. The highest BCUT2D eigenvalue weighted by molar-refractivity contribution is 6.32. The molecule has 0 aliphatic carbocycles. The number of phenolic OH excluding ortho intramolecular Hbond substituents is 1. The first-order valence-electron chi connectivity index (χ1n) is 3.35. The highest BCUT2D eigenvalue weighted by atomic mass is 35.5. The highest BCUT2D eigenvalue weighted by Crippen LogP contribution is 2.27. The Morgan fingerprint density at radius 2 is 2.27 bits per heavy atom. The molecule has 0 aliphatic heterocycles. The Balaban J connectivity index is 2.86. The van der Waals surface area contributed by atoms with Gasteiger partial charge in [-0.2, -0.15) is 0 Å². The number of phenols is 1. The van der Waals surface area contributed by atoms with Gasteiger partial charge in [0.05, 0.1) is 11.6 Å². The standard InChI is InChI=1S/C8H9ClO2/c1-2-11-6-3-4-7(9)8(10)5-6/h3-5,10H,2H2,1H3. The second-order valence-corrected chi connectivity index (χ2v) is 2.45. The van der Waals surface area contributed by atoms with E-state index >= 15 is 0 Å². The topological polar surface area (TPSA) is 29.5 Å². The zero-order valence-electron chi connectivity index (χ0n) is 6.17. The van der Waals surface area contributed by atoms with Gasteiger partial charge in [0, 0.05) is 6.07 Å². The van der Waals surface area contributed by atoms with E-state index in [-0.39, 0.29) is 5.75 Å². The third kappa shape index (κ3) is 2.02. The van der Waals surface area contributed by atoms with Gasteiger partial charge in [-0.1, -0.05) is 11.6 Å².